The van der Waals surface area contributed by atoms with Crippen LogP contribution < -0.4 is 5.32 Å². The van der Waals surface area contributed by atoms with Gasteiger partial charge in [-0.3, -0.25) is 9.53 Å². The van der Waals surface area contributed by atoms with E-state index < -0.39 is 24.6 Å². The third-order valence-electron chi connectivity index (χ3n) is 6.65. The zero-order chi connectivity index (χ0) is 26.3. The lowest BCUT2D eigenvalue weighted by atomic mass is 10.00. The highest BCUT2D eigenvalue weighted by molar-refractivity contribution is 6.35. The molecule has 0 spiro atoms. The van der Waals surface area contributed by atoms with Crippen LogP contribution in [0, 0.1) is 0 Å². The second-order valence-corrected chi connectivity index (χ2v) is 9.54. The molecule has 0 aliphatic carbocycles. The number of hydrogen-bond acceptors (Lipinski definition) is 8. The highest BCUT2D eigenvalue weighted by atomic mass is 35.5. The minimum Gasteiger partial charge on any atom is -0.359 e. The van der Waals surface area contributed by atoms with Gasteiger partial charge in [-0.1, -0.05) is 16.8 Å². The summed E-state index contributed by atoms with van der Waals surface area (Å²) in [6.07, 6.45) is -1.94. The Morgan fingerprint density at radius 2 is 2.11 bits per heavy atom. The van der Waals surface area contributed by atoms with Gasteiger partial charge in [0, 0.05) is 24.8 Å². The van der Waals surface area contributed by atoms with E-state index in [4.69, 9.17) is 16.3 Å². The number of amides is 1. The number of halogens is 4. The average Bonchev–Trinajstić information content (AvgIpc) is 3.32. The van der Waals surface area contributed by atoms with E-state index in [2.05, 4.69) is 30.3 Å². The smallest absolute Gasteiger partial charge is 0.359 e. The van der Waals surface area contributed by atoms with E-state index in [9.17, 15) is 18.0 Å². The molecule has 0 saturated carbocycles. The minimum atomic E-state index is -4.74. The number of nitrogens with zero attached hydrogens (tertiary/aromatic N) is 6. The molecule has 3 aromatic rings. The van der Waals surface area contributed by atoms with Crippen molar-refractivity contribution in [3.63, 3.8) is 0 Å². The molecule has 4 heterocycles. The molecule has 0 bridgehead atoms. The van der Waals surface area contributed by atoms with E-state index in [1.165, 1.54) is 18.2 Å². The third-order valence-corrected chi connectivity index (χ3v) is 6.96. The first-order valence-electron chi connectivity index (χ1n) is 11.9. The van der Waals surface area contributed by atoms with Gasteiger partial charge in [-0.05, 0) is 45.2 Å². The monoisotopic (exact) mass is 539 g/mol. The number of nitrogens with one attached hydrogen (secondary N) is 1. The molecule has 0 radical (unpaired) electrons. The maximum atomic E-state index is 12.8. The van der Waals surface area contributed by atoms with E-state index in [0.717, 1.165) is 19.3 Å². The number of hydrogen-bond donors (Lipinski definition) is 1. The molecule has 2 aromatic heterocycles. The molecule has 1 amide bonds. The molecule has 37 heavy (non-hydrogen) atoms. The van der Waals surface area contributed by atoms with Crippen LogP contribution in [-0.2, 0) is 14.3 Å². The van der Waals surface area contributed by atoms with Gasteiger partial charge in [0.15, 0.2) is 6.23 Å². The maximum Gasteiger partial charge on any atom is 0.522 e. The number of likely N-dealkylation sites (tertiary alicyclic amines) is 1. The summed E-state index contributed by atoms with van der Waals surface area (Å²) in [4.78, 5) is 22.8. The van der Waals surface area contributed by atoms with Crippen LogP contribution in [0.25, 0.3) is 22.3 Å². The first-order chi connectivity index (χ1) is 17.6. The number of fused-ring (bicyclic) bond motifs is 1. The molecule has 1 unspecified atom stereocenters. The molecule has 1 N–H and O–H groups in total. The molecular formula is C23H25ClF3N7O3. The zero-order valence-corrected chi connectivity index (χ0v) is 20.8. The minimum absolute atomic E-state index is 0.135. The Morgan fingerprint density at radius 3 is 2.81 bits per heavy atom. The number of rotatable bonds is 6. The number of ether oxygens (including phenoxy) is 2. The van der Waals surface area contributed by atoms with E-state index in [1.807, 2.05) is 6.07 Å². The van der Waals surface area contributed by atoms with Crippen molar-refractivity contribution < 1.29 is 27.4 Å². The summed E-state index contributed by atoms with van der Waals surface area (Å²) in [5, 5.41) is 12.0. The molecule has 4 atom stereocenters. The summed E-state index contributed by atoms with van der Waals surface area (Å²) in [5.74, 6) is 0.0125. The van der Waals surface area contributed by atoms with Crippen LogP contribution in [0.3, 0.4) is 0 Å². The number of carbonyl (C=O) groups is 1. The van der Waals surface area contributed by atoms with E-state index in [-0.39, 0.29) is 18.7 Å². The fourth-order valence-corrected chi connectivity index (χ4v) is 4.82. The van der Waals surface area contributed by atoms with Crippen molar-refractivity contribution >= 4 is 34.4 Å². The molecule has 1 aromatic carbocycles. The Morgan fingerprint density at radius 1 is 1.30 bits per heavy atom. The largest absolute Gasteiger partial charge is 0.522 e. The van der Waals surface area contributed by atoms with Crippen molar-refractivity contribution in [1.82, 2.24) is 29.9 Å². The lowest BCUT2D eigenvalue weighted by Gasteiger charge is -2.46. The van der Waals surface area contributed by atoms with Crippen molar-refractivity contribution in [2.45, 2.75) is 63.9 Å². The van der Waals surface area contributed by atoms with Crippen molar-refractivity contribution in [3.8, 4) is 11.3 Å². The predicted octanol–water partition coefficient (Wildman–Crippen LogP) is 4.18. The Kier molecular flexibility index (Phi) is 6.94. The Bertz CT molecular complexity index is 1300. The van der Waals surface area contributed by atoms with Gasteiger partial charge in [0.2, 0.25) is 5.91 Å². The van der Waals surface area contributed by atoms with Crippen molar-refractivity contribution in [3.05, 3.63) is 29.5 Å². The molecule has 10 nitrogen and oxygen atoms in total. The number of benzene rings is 1. The molecule has 14 heteroatoms. The average molecular weight is 540 g/mol. The number of carbonyl (C=O) groups excluding carboxylic acids is 1. The second kappa shape index (κ2) is 10.0. The van der Waals surface area contributed by atoms with Gasteiger partial charge in [-0.25, -0.2) is 14.6 Å². The van der Waals surface area contributed by atoms with Gasteiger partial charge < -0.3 is 15.0 Å². The van der Waals surface area contributed by atoms with E-state index >= 15 is 0 Å². The van der Waals surface area contributed by atoms with Gasteiger partial charge in [0.25, 0.3) is 0 Å². The fraction of sp³-hybridized carbons (Fsp3) is 0.522. The number of aromatic nitrogens is 5. The van der Waals surface area contributed by atoms with Crippen LogP contribution in [0.5, 0.6) is 0 Å². The lowest BCUT2D eigenvalue weighted by Crippen LogP contribution is -2.64. The topological polar surface area (TPSA) is 107 Å². The predicted molar refractivity (Wildman–Crippen MR) is 128 cm³/mol. The summed E-state index contributed by atoms with van der Waals surface area (Å²) in [6.45, 7) is 3.64. The van der Waals surface area contributed by atoms with Crippen LogP contribution in [0.4, 0.5) is 19.0 Å². The summed E-state index contributed by atoms with van der Waals surface area (Å²) < 4.78 is 49.2. The Labute approximate surface area is 215 Å². The van der Waals surface area contributed by atoms with Gasteiger partial charge in [0.1, 0.15) is 35.3 Å². The van der Waals surface area contributed by atoms with Gasteiger partial charge >= 0.3 is 6.36 Å². The van der Waals surface area contributed by atoms with Crippen LogP contribution in [0.2, 0.25) is 5.02 Å². The van der Waals surface area contributed by atoms with E-state index in [1.54, 1.807) is 23.7 Å². The van der Waals surface area contributed by atoms with Crippen LogP contribution in [-0.4, -0.2) is 73.5 Å². The van der Waals surface area contributed by atoms with Gasteiger partial charge in [0.05, 0.1) is 16.8 Å². The Balaban J connectivity index is 1.35. The normalized spacial score (nSPS) is 23.1. The number of anilines is 1. The van der Waals surface area contributed by atoms with Crippen molar-refractivity contribution in [2.24, 2.45) is 0 Å². The Hall–Kier alpha value is -3.03. The standard InChI is InChI=1S/C23H25ClF3N7O3/c1-12(22(35)33-10-17(13(33)2)37-23(25,26)27)30-18-9-16(28-11-29-18)14-6-7-15(24)20-21(14)34(32-31-20)19-5-3-4-8-36-19/h6-7,9,11-13,17,19H,3-5,8,10H2,1-2H3,(H,28,29,30)/t12-,13+,17+,19?/m1/s1. The van der Waals surface area contributed by atoms with Crippen molar-refractivity contribution in [1.29, 1.82) is 0 Å². The summed E-state index contributed by atoms with van der Waals surface area (Å²) in [7, 11) is 0. The molecule has 2 fully saturated rings. The molecular weight excluding hydrogens is 515 g/mol. The highest BCUT2D eigenvalue weighted by Crippen LogP contribution is 2.35. The van der Waals surface area contributed by atoms with Crippen LogP contribution >= 0.6 is 11.6 Å². The quantitative estimate of drug-likeness (QED) is 0.497. The van der Waals surface area contributed by atoms with Crippen LogP contribution in [0.15, 0.2) is 24.5 Å². The fourth-order valence-electron chi connectivity index (χ4n) is 4.63. The molecule has 2 aliphatic heterocycles. The van der Waals surface area contributed by atoms with Crippen molar-refractivity contribution in [2.75, 3.05) is 18.5 Å². The first-order valence-corrected chi connectivity index (χ1v) is 12.3. The highest BCUT2D eigenvalue weighted by Gasteiger charge is 2.46. The number of alkyl halides is 3. The second-order valence-electron chi connectivity index (χ2n) is 9.14. The molecule has 2 saturated heterocycles. The van der Waals surface area contributed by atoms with E-state index in [0.29, 0.717) is 39.7 Å². The lowest BCUT2D eigenvalue weighted by molar-refractivity contribution is -0.359. The summed E-state index contributed by atoms with van der Waals surface area (Å²) >= 11 is 6.39. The first kappa shape index (κ1) is 25.6. The third kappa shape index (κ3) is 5.20. The molecule has 198 valence electrons. The van der Waals surface area contributed by atoms with Gasteiger partial charge in [-0.2, -0.15) is 0 Å². The molecule has 2 aliphatic rings. The van der Waals surface area contributed by atoms with Crippen LogP contribution in [0.1, 0.15) is 39.3 Å². The zero-order valence-electron chi connectivity index (χ0n) is 20.1. The molecule has 5 rings (SSSR count). The summed E-state index contributed by atoms with van der Waals surface area (Å²) in [5.41, 5.74) is 2.46. The summed E-state index contributed by atoms with van der Waals surface area (Å²) in [6, 6.07) is 3.77. The SMILES string of the molecule is C[C@@H](Nc1cc(-c2ccc(Cl)c3nnn(C4CCCCO4)c23)ncn1)C(=O)N1C[C@H](OC(F)(F)F)[C@@H]1C. The van der Waals surface area contributed by atoms with Gasteiger partial charge in [-0.15, -0.1) is 18.3 Å². The maximum absolute atomic E-state index is 12.8.